The summed E-state index contributed by atoms with van der Waals surface area (Å²) in [7, 11) is 0. The Labute approximate surface area is 218 Å². The van der Waals surface area contributed by atoms with Gasteiger partial charge in [0, 0.05) is 37.9 Å². The van der Waals surface area contributed by atoms with Gasteiger partial charge in [-0.3, -0.25) is 19.2 Å². The number of Topliss-reactive ketones (excluding diaryl/α,β-unsaturated/α-hetero) is 1. The number of carbonyl (C=O) groups is 4. The molecule has 1 N–H and O–H groups in total. The van der Waals surface area contributed by atoms with Gasteiger partial charge in [-0.15, -0.1) is 0 Å². The van der Waals surface area contributed by atoms with Crippen LogP contribution in [0.3, 0.4) is 0 Å². The fourth-order valence-corrected chi connectivity index (χ4v) is 6.16. The largest absolute Gasteiger partial charge is 0.351 e. The van der Waals surface area contributed by atoms with Gasteiger partial charge in [-0.05, 0) is 49.7 Å². The Morgan fingerprint density at radius 1 is 0.676 bits per heavy atom. The van der Waals surface area contributed by atoms with Crippen molar-refractivity contribution in [2.45, 2.75) is 69.5 Å². The molecule has 3 heterocycles. The van der Waals surface area contributed by atoms with E-state index < -0.39 is 24.0 Å². The molecular formula is C30H35N3O4. The highest BCUT2D eigenvalue weighted by molar-refractivity contribution is 5.95. The van der Waals surface area contributed by atoms with Crippen molar-refractivity contribution in [2.75, 3.05) is 13.1 Å². The molecule has 0 aromatic heterocycles. The highest BCUT2D eigenvalue weighted by Gasteiger charge is 2.44. The van der Waals surface area contributed by atoms with Gasteiger partial charge in [0.25, 0.3) is 0 Å². The number of hydrogen-bond donors (Lipinski definition) is 1. The lowest BCUT2D eigenvalue weighted by Crippen LogP contribution is -2.54. The lowest BCUT2D eigenvalue weighted by Gasteiger charge is -2.32. The number of amides is 3. The summed E-state index contributed by atoms with van der Waals surface area (Å²) < 4.78 is 0. The normalized spacial score (nSPS) is 27.1. The van der Waals surface area contributed by atoms with Crippen LogP contribution in [0, 0.1) is 5.92 Å². The summed E-state index contributed by atoms with van der Waals surface area (Å²) in [6, 6.07) is 18.0. The van der Waals surface area contributed by atoms with Crippen LogP contribution >= 0.6 is 0 Å². The van der Waals surface area contributed by atoms with Gasteiger partial charge in [-0.2, -0.15) is 0 Å². The number of benzene rings is 2. The Bertz CT molecular complexity index is 1140. The van der Waals surface area contributed by atoms with Gasteiger partial charge in [0.2, 0.25) is 17.7 Å². The monoisotopic (exact) mass is 501 g/mol. The number of carbonyl (C=O) groups excluding carboxylic acids is 4. The fourth-order valence-electron chi connectivity index (χ4n) is 6.16. The molecular weight excluding hydrogens is 466 g/mol. The molecule has 7 nitrogen and oxygen atoms in total. The van der Waals surface area contributed by atoms with Crippen molar-refractivity contribution in [3.8, 4) is 0 Å². The molecule has 2 aromatic rings. The molecule has 7 heteroatoms. The van der Waals surface area contributed by atoms with E-state index in [9.17, 15) is 19.2 Å². The van der Waals surface area contributed by atoms with Crippen LogP contribution in [0.4, 0.5) is 0 Å². The Balaban J connectivity index is 1.46. The number of ketones is 1. The fraction of sp³-hybridized carbons (Fsp3) is 0.467. The number of rotatable bonds is 4. The second-order valence-electron chi connectivity index (χ2n) is 10.6. The zero-order valence-corrected chi connectivity index (χ0v) is 21.2. The minimum Gasteiger partial charge on any atom is -0.351 e. The summed E-state index contributed by atoms with van der Waals surface area (Å²) in [5, 5.41) is 3.11. The minimum absolute atomic E-state index is 0.0416. The standard InChI is InChI=1S/C30H35N3O4/c34-25-19-23(17-21-9-3-1-4-10-21)29(36)33-16-8-14-27(33)30(37)32-15-7-13-26(32)28(35)31-24(20-25)18-22-11-5-2-6-12-22/h1-6,9-12,23-24,26-27H,7-8,13-20H2,(H,31,35)/t23-,24+,26-,27-/m1/s1. The van der Waals surface area contributed by atoms with E-state index in [4.69, 9.17) is 0 Å². The zero-order valence-electron chi connectivity index (χ0n) is 21.2. The van der Waals surface area contributed by atoms with E-state index in [2.05, 4.69) is 5.32 Å². The molecule has 4 atom stereocenters. The molecule has 0 bridgehead atoms. The second-order valence-corrected chi connectivity index (χ2v) is 10.6. The molecule has 37 heavy (non-hydrogen) atoms. The molecule has 3 aliphatic rings. The van der Waals surface area contributed by atoms with Crippen LogP contribution < -0.4 is 5.32 Å². The summed E-state index contributed by atoms with van der Waals surface area (Å²) in [5.41, 5.74) is 2.02. The van der Waals surface area contributed by atoms with E-state index in [1.165, 1.54) is 0 Å². The molecule has 0 saturated carbocycles. The van der Waals surface area contributed by atoms with Crippen molar-refractivity contribution >= 4 is 23.5 Å². The van der Waals surface area contributed by atoms with Crippen molar-refractivity contribution in [3.05, 3.63) is 71.8 Å². The third kappa shape index (κ3) is 5.76. The minimum atomic E-state index is -0.560. The maximum Gasteiger partial charge on any atom is 0.246 e. The maximum absolute atomic E-state index is 13.9. The van der Waals surface area contributed by atoms with Crippen LogP contribution in [0.1, 0.15) is 49.7 Å². The van der Waals surface area contributed by atoms with E-state index in [0.29, 0.717) is 38.8 Å². The predicted octanol–water partition coefficient (Wildman–Crippen LogP) is 2.92. The average molecular weight is 502 g/mol. The lowest BCUT2D eigenvalue weighted by atomic mass is 9.90. The van der Waals surface area contributed by atoms with Gasteiger partial charge in [0.1, 0.15) is 17.9 Å². The van der Waals surface area contributed by atoms with Crippen LogP contribution in [0.5, 0.6) is 0 Å². The molecule has 3 fully saturated rings. The van der Waals surface area contributed by atoms with Crippen molar-refractivity contribution in [1.29, 1.82) is 0 Å². The van der Waals surface area contributed by atoms with E-state index in [1.807, 2.05) is 60.7 Å². The van der Waals surface area contributed by atoms with Crippen LogP contribution in [0.2, 0.25) is 0 Å². The molecule has 0 aliphatic carbocycles. The SMILES string of the molecule is O=C1C[C@H](Cc2ccccc2)NC(=O)[C@H]2CCCN2C(=O)[C@H]2CCCN2C(=O)[C@H](Cc2ccccc2)C1. The molecule has 3 amide bonds. The van der Waals surface area contributed by atoms with Crippen LogP contribution in [-0.2, 0) is 32.0 Å². The quantitative estimate of drug-likeness (QED) is 0.698. The van der Waals surface area contributed by atoms with E-state index in [1.54, 1.807) is 9.80 Å². The molecule has 0 spiro atoms. The van der Waals surface area contributed by atoms with Gasteiger partial charge in [-0.1, -0.05) is 60.7 Å². The van der Waals surface area contributed by atoms with Crippen molar-refractivity contribution in [2.24, 2.45) is 5.92 Å². The molecule has 194 valence electrons. The Hall–Kier alpha value is -3.48. The summed E-state index contributed by atoms with van der Waals surface area (Å²) in [5.74, 6) is -1.03. The summed E-state index contributed by atoms with van der Waals surface area (Å²) >= 11 is 0. The number of nitrogens with zero attached hydrogens (tertiary/aromatic N) is 2. The number of nitrogens with one attached hydrogen (secondary N) is 1. The van der Waals surface area contributed by atoms with Gasteiger partial charge in [0.05, 0.1) is 0 Å². The van der Waals surface area contributed by atoms with E-state index in [-0.39, 0.29) is 36.3 Å². The third-order valence-corrected chi connectivity index (χ3v) is 7.95. The Kier molecular flexibility index (Phi) is 7.68. The van der Waals surface area contributed by atoms with E-state index in [0.717, 1.165) is 24.0 Å². The Morgan fingerprint density at radius 3 is 1.89 bits per heavy atom. The predicted molar refractivity (Wildman–Crippen MR) is 139 cm³/mol. The molecule has 0 unspecified atom stereocenters. The third-order valence-electron chi connectivity index (χ3n) is 7.95. The summed E-state index contributed by atoms with van der Waals surface area (Å²) in [6.07, 6.45) is 3.92. The van der Waals surface area contributed by atoms with Gasteiger partial charge < -0.3 is 15.1 Å². The number of fused-ring (bicyclic) bond motifs is 2. The topological polar surface area (TPSA) is 86.8 Å². The average Bonchev–Trinajstić information content (AvgIpc) is 3.59. The van der Waals surface area contributed by atoms with Gasteiger partial charge in [-0.25, -0.2) is 0 Å². The molecule has 3 aliphatic heterocycles. The summed E-state index contributed by atoms with van der Waals surface area (Å²) in [6.45, 7) is 1.03. The second kappa shape index (κ2) is 11.3. The van der Waals surface area contributed by atoms with E-state index >= 15 is 0 Å². The maximum atomic E-state index is 13.9. The zero-order chi connectivity index (χ0) is 25.8. The first-order valence-corrected chi connectivity index (χ1v) is 13.5. The van der Waals surface area contributed by atoms with Gasteiger partial charge >= 0.3 is 0 Å². The molecule has 2 aromatic carbocycles. The summed E-state index contributed by atoms with van der Waals surface area (Å²) in [4.78, 5) is 57.8. The van der Waals surface area contributed by atoms with Crippen LogP contribution in [0.15, 0.2) is 60.7 Å². The molecule has 5 rings (SSSR count). The highest BCUT2D eigenvalue weighted by atomic mass is 16.2. The highest BCUT2D eigenvalue weighted by Crippen LogP contribution is 2.29. The van der Waals surface area contributed by atoms with Crippen LogP contribution in [-0.4, -0.2) is 64.5 Å². The molecule has 0 radical (unpaired) electrons. The van der Waals surface area contributed by atoms with Crippen molar-refractivity contribution in [3.63, 3.8) is 0 Å². The lowest BCUT2D eigenvalue weighted by molar-refractivity contribution is -0.148. The van der Waals surface area contributed by atoms with Crippen molar-refractivity contribution < 1.29 is 19.2 Å². The van der Waals surface area contributed by atoms with Crippen molar-refractivity contribution in [1.82, 2.24) is 15.1 Å². The first-order chi connectivity index (χ1) is 18.0. The van der Waals surface area contributed by atoms with Gasteiger partial charge in [0.15, 0.2) is 0 Å². The first-order valence-electron chi connectivity index (χ1n) is 13.5. The molecule has 3 saturated heterocycles. The Morgan fingerprint density at radius 2 is 1.24 bits per heavy atom. The first kappa shape index (κ1) is 25.2. The van der Waals surface area contributed by atoms with Crippen LogP contribution in [0.25, 0.3) is 0 Å². The number of hydrogen-bond acceptors (Lipinski definition) is 4. The smallest absolute Gasteiger partial charge is 0.246 e.